The number of carbonyl (C=O) groups is 1. The van der Waals surface area contributed by atoms with Crippen molar-refractivity contribution in [3.05, 3.63) is 30.7 Å². The Morgan fingerprint density at radius 3 is 2.96 bits per heavy atom. The molecule has 2 fully saturated rings. The van der Waals surface area contributed by atoms with Gasteiger partial charge in [-0.05, 0) is 37.8 Å². The highest BCUT2D eigenvalue weighted by Crippen LogP contribution is 2.29. The van der Waals surface area contributed by atoms with Crippen LogP contribution in [0.2, 0.25) is 0 Å². The van der Waals surface area contributed by atoms with E-state index in [0.29, 0.717) is 17.8 Å². The van der Waals surface area contributed by atoms with Gasteiger partial charge in [-0.1, -0.05) is 0 Å². The first-order valence-electron chi connectivity index (χ1n) is 9.92. The third-order valence-corrected chi connectivity index (χ3v) is 5.81. The number of methoxy groups -OCH3 is 1. The molecule has 4 rings (SSSR count). The molecule has 8 heteroatoms. The standard InChI is InChI=1S/C20H28N6O2/c1-25-12-14(11-22-25)19-17(6-4-9-21-19)24-20(27)23-16-5-3-7-18(16)26-10-8-15(13-26)28-2/h4,6,9,11-12,15-16,18H,3,5,7-8,10,13H2,1-2H3,(H2,23,24,27)/t15?,16-,18+/m0/s1. The minimum Gasteiger partial charge on any atom is -0.380 e. The van der Waals surface area contributed by atoms with Crippen LogP contribution in [0.3, 0.4) is 0 Å². The molecule has 0 spiro atoms. The molecule has 2 aliphatic rings. The SMILES string of the molecule is COC1CCN([C@@H]2CCC[C@@H]2NC(=O)Nc2cccnc2-c2cnn(C)c2)C1. The van der Waals surface area contributed by atoms with Crippen LogP contribution in [0.1, 0.15) is 25.7 Å². The fourth-order valence-corrected chi connectivity index (χ4v) is 4.40. The predicted octanol–water partition coefficient (Wildman–Crippen LogP) is 2.25. The van der Waals surface area contributed by atoms with Gasteiger partial charge in [0.2, 0.25) is 0 Å². The van der Waals surface area contributed by atoms with Gasteiger partial charge < -0.3 is 15.4 Å². The molecule has 1 aliphatic heterocycles. The van der Waals surface area contributed by atoms with E-state index in [1.165, 1.54) is 0 Å². The van der Waals surface area contributed by atoms with E-state index in [9.17, 15) is 4.79 Å². The van der Waals surface area contributed by atoms with Crippen molar-refractivity contribution in [1.29, 1.82) is 0 Å². The van der Waals surface area contributed by atoms with Gasteiger partial charge in [0.05, 0.1) is 23.7 Å². The summed E-state index contributed by atoms with van der Waals surface area (Å²) < 4.78 is 7.22. The lowest BCUT2D eigenvalue weighted by Gasteiger charge is -2.30. The third kappa shape index (κ3) is 4.02. The molecule has 1 unspecified atom stereocenters. The Morgan fingerprint density at radius 2 is 2.21 bits per heavy atom. The smallest absolute Gasteiger partial charge is 0.319 e. The van der Waals surface area contributed by atoms with Gasteiger partial charge in [0.15, 0.2) is 0 Å². The maximum atomic E-state index is 12.7. The highest BCUT2D eigenvalue weighted by atomic mass is 16.5. The second kappa shape index (κ2) is 8.28. The van der Waals surface area contributed by atoms with E-state index in [4.69, 9.17) is 4.74 Å². The quantitative estimate of drug-likeness (QED) is 0.826. The molecule has 1 saturated heterocycles. The Balaban J connectivity index is 1.41. The molecule has 0 aromatic carbocycles. The Morgan fingerprint density at radius 1 is 1.32 bits per heavy atom. The lowest BCUT2D eigenvalue weighted by atomic mass is 10.1. The fraction of sp³-hybridized carbons (Fsp3) is 0.550. The maximum absolute atomic E-state index is 12.7. The van der Waals surface area contributed by atoms with Crippen molar-refractivity contribution < 1.29 is 9.53 Å². The van der Waals surface area contributed by atoms with Crippen LogP contribution < -0.4 is 10.6 Å². The van der Waals surface area contributed by atoms with E-state index in [2.05, 4.69) is 25.6 Å². The van der Waals surface area contributed by atoms with Crippen molar-refractivity contribution in [1.82, 2.24) is 25.0 Å². The fourth-order valence-electron chi connectivity index (χ4n) is 4.40. The minimum absolute atomic E-state index is 0.161. The maximum Gasteiger partial charge on any atom is 0.319 e. The molecule has 1 saturated carbocycles. The molecule has 1 aliphatic carbocycles. The van der Waals surface area contributed by atoms with Crippen LogP contribution in [0.25, 0.3) is 11.3 Å². The number of hydrogen-bond acceptors (Lipinski definition) is 5. The summed E-state index contributed by atoms with van der Waals surface area (Å²) in [6.07, 6.45) is 10.00. The highest BCUT2D eigenvalue weighted by molar-refractivity contribution is 5.93. The summed E-state index contributed by atoms with van der Waals surface area (Å²) in [5.41, 5.74) is 2.28. The Kier molecular flexibility index (Phi) is 5.59. The topological polar surface area (TPSA) is 84.3 Å². The van der Waals surface area contributed by atoms with Gasteiger partial charge in [0.25, 0.3) is 0 Å². The molecular formula is C20H28N6O2. The summed E-state index contributed by atoms with van der Waals surface area (Å²) in [5, 5.41) is 10.4. The van der Waals surface area contributed by atoms with Gasteiger partial charge in [0, 0.05) is 57.3 Å². The number of carbonyl (C=O) groups excluding carboxylic acids is 1. The number of anilines is 1. The number of rotatable bonds is 5. The van der Waals surface area contributed by atoms with E-state index >= 15 is 0 Å². The van der Waals surface area contributed by atoms with Crippen molar-refractivity contribution in [2.24, 2.45) is 7.05 Å². The molecule has 2 amide bonds. The summed E-state index contributed by atoms with van der Waals surface area (Å²) in [5.74, 6) is 0. The summed E-state index contributed by atoms with van der Waals surface area (Å²) >= 11 is 0. The molecule has 150 valence electrons. The van der Waals surface area contributed by atoms with Crippen LogP contribution in [0, 0.1) is 0 Å². The van der Waals surface area contributed by atoms with Crippen LogP contribution in [-0.2, 0) is 11.8 Å². The van der Waals surface area contributed by atoms with E-state index in [-0.39, 0.29) is 12.1 Å². The number of pyridine rings is 1. The molecule has 0 bridgehead atoms. The zero-order valence-corrected chi connectivity index (χ0v) is 16.5. The third-order valence-electron chi connectivity index (χ3n) is 5.81. The first-order chi connectivity index (χ1) is 13.6. The number of hydrogen-bond donors (Lipinski definition) is 2. The number of aryl methyl sites for hydroxylation is 1. The molecule has 0 radical (unpaired) electrons. The van der Waals surface area contributed by atoms with Gasteiger partial charge in [-0.25, -0.2) is 4.79 Å². The van der Waals surface area contributed by atoms with Crippen molar-refractivity contribution in [2.75, 3.05) is 25.5 Å². The average Bonchev–Trinajstić information content (AvgIpc) is 3.42. The molecule has 2 N–H and O–H groups in total. The minimum atomic E-state index is -0.183. The summed E-state index contributed by atoms with van der Waals surface area (Å²) in [7, 11) is 3.64. The summed E-state index contributed by atoms with van der Waals surface area (Å²) in [6, 6.07) is 4.05. The van der Waals surface area contributed by atoms with Crippen LogP contribution in [0.4, 0.5) is 10.5 Å². The Bertz CT molecular complexity index is 823. The van der Waals surface area contributed by atoms with Crippen molar-refractivity contribution >= 4 is 11.7 Å². The first-order valence-corrected chi connectivity index (χ1v) is 9.92. The zero-order chi connectivity index (χ0) is 19.5. The van der Waals surface area contributed by atoms with Crippen molar-refractivity contribution in [3.8, 4) is 11.3 Å². The van der Waals surface area contributed by atoms with E-state index in [1.54, 1.807) is 24.2 Å². The van der Waals surface area contributed by atoms with E-state index in [1.807, 2.05) is 25.4 Å². The number of nitrogens with zero attached hydrogens (tertiary/aromatic N) is 4. The van der Waals surface area contributed by atoms with Crippen LogP contribution in [-0.4, -0.2) is 64.1 Å². The summed E-state index contributed by atoms with van der Waals surface area (Å²) in [4.78, 5) is 19.6. The normalized spacial score (nSPS) is 25.1. The first kappa shape index (κ1) is 18.9. The average molecular weight is 384 g/mol. The van der Waals surface area contributed by atoms with Gasteiger partial charge in [-0.3, -0.25) is 14.6 Å². The van der Waals surface area contributed by atoms with Crippen LogP contribution >= 0.6 is 0 Å². The molecule has 3 heterocycles. The largest absolute Gasteiger partial charge is 0.380 e. The number of ether oxygens (including phenoxy) is 1. The molecule has 2 aromatic rings. The number of amides is 2. The number of urea groups is 1. The van der Waals surface area contributed by atoms with Gasteiger partial charge in [-0.15, -0.1) is 0 Å². The van der Waals surface area contributed by atoms with Gasteiger partial charge in [-0.2, -0.15) is 5.10 Å². The molecule has 28 heavy (non-hydrogen) atoms. The zero-order valence-electron chi connectivity index (χ0n) is 16.5. The second-order valence-corrected chi connectivity index (χ2v) is 7.65. The van der Waals surface area contributed by atoms with Gasteiger partial charge >= 0.3 is 6.03 Å². The van der Waals surface area contributed by atoms with Crippen molar-refractivity contribution in [2.45, 2.75) is 43.9 Å². The number of likely N-dealkylation sites (tertiary alicyclic amines) is 1. The van der Waals surface area contributed by atoms with E-state index < -0.39 is 0 Å². The highest BCUT2D eigenvalue weighted by Gasteiger charge is 2.36. The van der Waals surface area contributed by atoms with Gasteiger partial charge in [0.1, 0.15) is 0 Å². The Labute approximate surface area is 165 Å². The predicted molar refractivity (Wildman–Crippen MR) is 107 cm³/mol. The molecule has 8 nitrogen and oxygen atoms in total. The lowest BCUT2D eigenvalue weighted by molar-refractivity contribution is 0.0985. The monoisotopic (exact) mass is 384 g/mol. The van der Waals surface area contributed by atoms with E-state index in [0.717, 1.165) is 50.0 Å². The second-order valence-electron chi connectivity index (χ2n) is 7.65. The molecular weight excluding hydrogens is 356 g/mol. The molecule has 2 aromatic heterocycles. The Hall–Kier alpha value is -2.45. The number of aromatic nitrogens is 3. The number of nitrogens with one attached hydrogen (secondary N) is 2. The van der Waals surface area contributed by atoms with Crippen LogP contribution in [0.15, 0.2) is 30.7 Å². The lowest BCUT2D eigenvalue weighted by Crippen LogP contribution is -2.49. The molecule has 3 atom stereocenters. The van der Waals surface area contributed by atoms with Crippen molar-refractivity contribution in [3.63, 3.8) is 0 Å². The summed E-state index contributed by atoms with van der Waals surface area (Å²) in [6.45, 7) is 1.99. The van der Waals surface area contributed by atoms with Crippen LogP contribution in [0.5, 0.6) is 0 Å².